The quantitative estimate of drug-likeness (QED) is 0.627. The molecule has 25 heavy (non-hydrogen) atoms. The van der Waals surface area contributed by atoms with Gasteiger partial charge in [-0.25, -0.2) is 0 Å². The predicted octanol–water partition coefficient (Wildman–Crippen LogP) is 3.47. The van der Waals surface area contributed by atoms with Crippen LogP contribution in [0, 0.1) is 12.8 Å². The highest BCUT2D eigenvalue weighted by atomic mass is 16.5. The van der Waals surface area contributed by atoms with Crippen molar-refractivity contribution < 1.29 is 4.74 Å². The van der Waals surface area contributed by atoms with Crippen LogP contribution in [0.3, 0.4) is 0 Å². The lowest BCUT2D eigenvalue weighted by atomic mass is 10.1. The lowest BCUT2D eigenvalue weighted by Crippen LogP contribution is -2.38. The molecule has 2 unspecified atom stereocenters. The van der Waals surface area contributed by atoms with Crippen molar-refractivity contribution >= 4 is 5.96 Å². The van der Waals surface area contributed by atoms with Crippen molar-refractivity contribution in [3.8, 4) is 5.75 Å². The van der Waals surface area contributed by atoms with Crippen LogP contribution in [0.2, 0.25) is 0 Å². The summed E-state index contributed by atoms with van der Waals surface area (Å²) in [7, 11) is 3.52. The second-order valence-corrected chi connectivity index (χ2v) is 6.63. The van der Waals surface area contributed by atoms with Crippen molar-refractivity contribution in [2.75, 3.05) is 20.7 Å². The third kappa shape index (κ3) is 4.53. The highest BCUT2D eigenvalue weighted by Gasteiger charge is 2.37. The number of nitrogens with zero attached hydrogens (tertiary/aromatic N) is 1. The van der Waals surface area contributed by atoms with Gasteiger partial charge in [-0.1, -0.05) is 42.5 Å². The zero-order valence-electron chi connectivity index (χ0n) is 15.3. The fourth-order valence-electron chi connectivity index (χ4n) is 3.21. The summed E-state index contributed by atoms with van der Waals surface area (Å²) in [5, 5.41) is 6.82. The Kier molecular flexibility index (Phi) is 5.59. The van der Waals surface area contributed by atoms with Crippen molar-refractivity contribution in [1.29, 1.82) is 0 Å². The van der Waals surface area contributed by atoms with E-state index in [0.29, 0.717) is 18.4 Å². The topological polar surface area (TPSA) is 45.7 Å². The van der Waals surface area contributed by atoms with E-state index in [-0.39, 0.29) is 0 Å². The van der Waals surface area contributed by atoms with E-state index in [1.807, 2.05) is 7.05 Å². The monoisotopic (exact) mass is 337 g/mol. The van der Waals surface area contributed by atoms with Crippen LogP contribution < -0.4 is 15.4 Å². The molecule has 0 aliphatic heterocycles. The normalized spacial score (nSPS) is 19.4. The van der Waals surface area contributed by atoms with Gasteiger partial charge in [0.15, 0.2) is 5.96 Å². The largest absolute Gasteiger partial charge is 0.496 e. The first-order chi connectivity index (χ1) is 12.2. The molecule has 2 aromatic rings. The van der Waals surface area contributed by atoms with Crippen LogP contribution in [0.1, 0.15) is 29.0 Å². The summed E-state index contributed by atoms with van der Waals surface area (Å²) in [4.78, 5) is 4.33. The van der Waals surface area contributed by atoms with Gasteiger partial charge >= 0.3 is 0 Å². The minimum atomic E-state index is 0.684. The Balaban J connectivity index is 1.48. The van der Waals surface area contributed by atoms with Crippen molar-refractivity contribution in [2.45, 2.75) is 25.8 Å². The summed E-state index contributed by atoms with van der Waals surface area (Å²) >= 11 is 0. The summed E-state index contributed by atoms with van der Waals surface area (Å²) in [6.07, 6.45) is 1.25. The summed E-state index contributed by atoms with van der Waals surface area (Å²) < 4.78 is 5.46. The van der Waals surface area contributed by atoms with Crippen LogP contribution in [0.25, 0.3) is 0 Å². The number of ether oxygens (including phenoxy) is 1. The first-order valence-electron chi connectivity index (χ1n) is 8.84. The van der Waals surface area contributed by atoms with Gasteiger partial charge in [0, 0.05) is 25.7 Å². The van der Waals surface area contributed by atoms with E-state index in [1.54, 1.807) is 7.11 Å². The molecule has 2 N–H and O–H groups in total. The smallest absolute Gasteiger partial charge is 0.191 e. The molecule has 2 aromatic carbocycles. The fourth-order valence-corrected chi connectivity index (χ4v) is 3.21. The summed E-state index contributed by atoms with van der Waals surface area (Å²) in [6, 6.07) is 17.0. The average molecular weight is 337 g/mol. The Bertz CT molecular complexity index is 727. The van der Waals surface area contributed by atoms with Crippen LogP contribution >= 0.6 is 0 Å². The Labute approximate surface area is 150 Å². The summed E-state index contributed by atoms with van der Waals surface area (Å²) in [6.45, 7) is 3.71. The molecule has 1 saturated carbocycles. The molecule has 0 spiro atoms. The number of aliphatic imine (C=N–C) groups is 1. The molecule has 0 radical (unpaired) electrons. The molecule has 4 nitrogen and oxygen atoms in total. The molecule has 0 saturated heterocycles. The number of hydrogen-bond acceptors (Lipinski definition) is 2. The van der Waals surface area contributed by atoms with Gasteiger partial charge < -0.3 is 15.4 Å². The first kappa shape index (κ1) is 17.3. The van der Waals surface area contributed by atoms with Gasteiger partial charge in [0.25, 0.3) is 0 Å². The Morgan fingerprint density at radius 2 is 1.96 bits per heavy atom. The number of methoxy groups -OCH3 is 1. The highest BCUT2D eigenvalue weighted by molar-refractivity contribution is 5.79. The number of rotatable bonds is 6. The molecule has 0 heterocycles. The molecular formula is C21H27N3O. The summed E-state index contributed by atoms with van der Waals surface area (Å²) in [5.41, 5.74) is 3.77. The third-order valence-electron chi connectivity index (χ3n) is 4.79. The van der Waals surface area contributed by atoms with Gasteiger partial charge in [-0.2, -0.15) is 0 Å². The average Bonchev–Trinajstić information content (AvgIpc) is 3.43. The maximum absolute atomic E-state index is 5.46. The molecule has 0 bridgehead atoms. The van der Waals surface area contributed by atoms with Crippen molar-refractivity contribution in [3.63, 3.8) is 0 Å². The molecular weight excluding hydrogens is 310 g/mol. The van der Waals surface area contributed by atoms with Crippen molar-refractivity contribution in [3.05, 3.63) is 65.2 Å². The van der Waals surface area contributed by atoms with E-state index < -0.39 is 0 Å². The van der Waals surface area contributed by atoms with Crippen LogP contribution in [0.4, 0.5) is 0 Å². The van der Waals surface area contributed by atoms with Crippen LogP contribution in [-0.4, -0.2) is 26.7 Å². The molecule has 0 aromatic heterocycles. The molecule has 132 valence electrons. The summed E-state index contributed by atoms with van der Waals surface area (Å²) in [5.74, 6) is 3.12. The Morgan fingerprint density at radius 1 is 1.16 bits per heavy atom. The third-order valence-corrected chi connectivity index (χ3v) is 4.79. The number of benzene rings is 2. The fraction of sp³-hybridized carbons (Fsp3) is 0.381. The highest BCUT2D eigenvalue weighted by Crippen LogP contribution is 2.46. The van der Waals surface area contributed by atoms with E-state index in [0.717, 1.165) is 23.8 Å². The Morgan fingerprint density at radius 3 is 2.68 bits per heavy atom. The van der Waals surface area contributed by atoms with E-state index in [9.17, 15) is 0 Å². The van der Waals surface area contributed by atoms with Crippen LogP contribution in [0.5, 0.6) is 5.75 Å². The predicted molar refractivity (Wildman–Crippen MR) is 103 cm³/mol. The van der Waals surface area contributed by atoms with Gasteiger partial charge in [-0.15, -0.1) is 0 Å². The van der Waals surface area contributed by atoms with E-state index in [1.165, 1.54) is 17.5 Å². The van der Waals surface area contributed by atoms with E-state index in [2.05, 4.69) is 71.1 Å². The minimum absolute atomic E-state index is 0.684. The molecule has 3 rings (SSSR count). The molecule has 0 amide bonds. The molecule has 4 heteroatoms. The number of aryl methyl sites for hydroxylation is 1. The maximum atomic E-state index is 5.46. The van der Waals surface area contributed by atoms with E-state index in [4.69, 9.17) is 4.74 Å². The lowest BCUT2D eigenvalue weighted by molar-refractivity contribution is 0.408. The van der Waals surface area contributed by atoms with Crippen LogP contribution in [-0.2, 0) is 6.54 Å². The second kappa shape index (κ2) is 8.06. The molecule has 1 aliphatic carbocycles. The van der Waals surface area contributed by atoms with Gasteiger partial charge in [-0.05, 0) is 42.4 Å². The van der Waals surface area contributed by atoms with E-state index >= 15 is 0 Å². The lowest BCUT2D eigenvalue weighted by Gasteiger charge is -2.14. The SMILES string of the molecule is CN=C(NCc1ccc(C)cc1OC)NCC1CC1c1ccccc1. The van der Waals surface area contributed by atoms with Crippen LogP contribution in [0.15, 0.2) is 53.5 Å². The zero-order valence-corrected chi connectivity index (χ0v) is 15.3. The second-order valence-electron chi connectivity index (χ2n) is 6.63. The first-order valence-corrected chi connectivity index (χ1v) is 8.84. The zero-order chi connectivity index (χ0) is 17.6. The maximum Gasteiger partial charge on any atom is 0.191 e. The van der Waals surface area contributed by atoms with Gasteiger partial charge in [0.05, 0.1) is 7.11 Å². The number of nitrogens with one attached hydrogen (secondary N) is 2. The van der Waals surface area contributed by atoms with Gasteiger partial charge in [0.1, 0.15) is 5.75 Å². The van der Waals surface area contributed by atoms with Gasteiger partial charge in [0.2, 0.25) is 0 Å². The van der Waals surface area contributed by atoms with Crippen molar-refractivity contribution in [1.82, 2.24) is 10.6 Å². The molecule has 2 atom stereocenters. The van der Waals surface area contributed by atoms with Gasteiger partial charge in [-0.3, -0.25) is 4.99 Å². The Hall–Kier alpha value is -2.49. The minimum Gasteiger partial charge on any atom is -0.496 e. The molecule has 1 aliphatic rings. The number of guanidine groups is 1. The van der Waals surface area contributed by atoms with Crippen molar-refractivity contribution in [2.24, 2.45) is 10.9 Å². The molecule has 1 fully saturated rings. The number of hydrogen-bond donors (Lipinski definition) is 2. The standard InChI is InChI=1S/C21H27N3O/c1-15-9-10-17(20(11-15)25-3)13-23-21(22-2)24-14-18-12-19(18)16-7-5-4-6-8-16/h4-11,18-19H,12-14H2,1-3H3,(H2,22,23,24).